The maximum absolute atomic E-state index is 13.0. The zero-order chi connectivity index (χ0) is 31.7. The Morgan fingerprint density at radius 2 is 1.52 bits per heavy atom. The fourth-order valence-corrected chi connectivity index (χ4v) is 5.46. The fraction of sp³-hybridized carbons (Fsp3) is 0.629. The first-order valence-corrected chi connectivity index (χ1v) is 16.6. The Labute approximate surface area is 262 Å². The molecule has 1 fully saturated rings. The number of nitrogens with two attached hydrogens (primary N) is 1. The predicted molar refractivity (Wildman–Crippen MR) is 173 cm³/mol. The lowest BCUT2D eigenvalue weighted by Crippen LogP contribution is -2.27. The van der Waals surface area contributed by atoms with E-state index in [0.717, 1.165) is 44.1 Å². The van der Waals surface area contributed by atoms with Gasteiger partial charge in [0.05, 0.1) is 36.0 Å². The molecular weight excluding hydrogens is 560 g/mol. The predicted octanol–water partition coefficient (Wildman–Crippen LogP) is 9.33. The zero-order valence-electron chi connectivity index (χ0n) is 26.9. The molecule has 0 unspecified atom stereocenters. The second-order valence-corrected chi connectivity index (χ2v) is 12.0. The molecule has 1 atom stereocenters. The first-order chi connectivity index (χ1) is 21.3. The van der Waals surface area contributed by atoms with Gasteiger partial charge < -0.3 is 24.7 Å². The molecule has 0 saturated carbocycles. The maximum Gasteiger partial charge on any atom is 0.350 e. The summed E-state index contributed by atoms with van der Waals surface area (Å²) in [7, 11) is 0. The minimum Gasteiger partial charge on any atom is -0.488 e. The lowest BCUT2D eigenvalue weighted by Gasteiger charge is -2.29. The van der Waals surface area contributed by atoms with E-state index in [1.807, 2.05) is 6.92 Å². The van der Waals surface area contributed by atoms with Crippen LogP contribution in [-0.4, -0.2) is 30.2 Å². The Kier molecular flexibility index (Phi) is 15.5. The fourth-order valence-electron chi connectivity index (χ4n) is 5.46. The molecule has 1 heterocycles. The van der Waals surface area contributed by atoms with Gasteiger partial charge in [0.2, 0.25) is 0 Å². The molecule has 1 saturated heterocycles. The van der Waals surface area contributed by atoms with Crippen LogP contribution < -0.4 is 15.2 Å². The maximum atomic E-state index is 13.0. The molecule has 2 aromatic rings. The molecule has 3 rings (SSSR count). The van der Waals surface area contributed by atoms with Crippen LogP contribution in [0.2, 0.25) is 0 Å². The van der Waals surface area contributed by atoms with Crippen molar-refractivity contribution >= 4 is 17.3 Å². The Morgan fingerprint density at radius 1 is 0.932 bits per heavy atom. The number of ether oxygens (including phenoxy) is 4. The van der Waals surface area contributed by atoms with Gasteiger partial charge in [0, 0.05) is 11.5 Å². The molecule has 244 valence electrons. The highest BCUT2D eigenvalue weighted by Crippen LogP contribution is 2.34. The van der Waals surface area contributed by atoms with Crippen LogP contribution in [0, 0.1) is 16.0 Å². The molecule has 9 nitrogen and oxygen atoms in total. The smallest absolute Gasteiger partial charge is 0.350 e. The summed E-state index contributed by atoms with van der Waals surface area (Å²) < 4.78 is 23.3. The van der Waals surface area contributed by atoms with E-state index >= 15 is 0 Å². The summed E-state index contributed by atoms with van der Waals surface area (Å²) in [6.07, 6.45) is 16.1. The first-order valence-electron chi connectivity index (χ1n) is 16.6. The zero-order valence-corrected chi connectivity index (χ0v) is 26.9. The van der Waals surface area contributed by atoms with Crippen LogP contribution in [-0.2, 0) is 9.47 Å². The van der Waals surface area contributed by atoms with Gasteiger partial charge in [0.1, 0.15) is 17.1 Å². The van der Waals surface area contributed by atoms with Gasteiger partial charge in [0.25, 0.3) is 5.69 Å². The minimum atomic E-state index is -0.871. The average molecular weight is 613 g/mol. The number of hydrogen-bond donors (Lipinski definition) is 1. The largest absolute Gasteiger partial charge is 0.488 e. The number of carbonyl (C=O) groups excluding carboxylic acids is 1. The highest BCUT2D eigenvalue weighted by molar-refractivity contribution is 5.97. The summed E-state index contributed by atoms with van der Waals surface area (Å²) in [5.41, 5.74) is 6.44. The third kappa shape index (κ3) is 11.7. The third-order valence-electron chi connectivity index (χ3n) is 8.13. The van der Waals surface area contributed by atoms with E-state index in [1.54, 1.807) is 24.3 Å². The standard InChI is InChI=1S/C35H52N2O7/c1-4-6-8-10-11-12-13-15-17-27-24-41-35(42-25-27)28-18-20-29(21-19-28)44-34(38)30-22-31(36)33(23-32(30)37(39)40)43-26(3)16-14-9-7-5-2/h18-23,26-27,35H,4-17,24-25,36H2,1-3H3/t26-,27-,35-/m1/s1. The normalized spacial score (nSPS) is 17.2. The van der Waals surface area contributed by atoms with Crippen molar-refractivity contribution in [1.82, 2.24) is 0 Å². The van der Waals surface area contributed by atoms with Crippen molar-refractivity contribution < 1.29 is 28.7 Å². The van der Waals surface area contributed by atoms with Gasteiger partial charge in [-0.3, -0.25) is 10.1 Å². The highest BCUT2D eigenvalue weighted by atomic mass is 16.7. The van der Waals surface area contributed by atoms with Crippen molar-refractivity contribution in [3.63, 3.8) is 0 Å². The molecule has 0 aromatic heterocycles. The molecule has 2 aromatic carbocycles. The Bertz CT molecular complexity index is 1150. The number of nitro benzene ring substituents is 1. The van der Waals surface area contributed by atoms with Crippen molar-refractivity contribution in [3.05, 3.63) is 57.6 Å². The Hall–Kier alpha value is -3.17. The van der Waals surface area contributed by atoms with Crippen molar-refractivity contribution in [1.29, 1.82) is 0 Å². The van der Waals surface area contributed by atoms with E-state index in [1.165, 1.54) is 63.5 Å². The second-order valence-electron chi connectivity index (χ2n) is 12.0. The lowest BCUT2D eigenvalue weighted by atomic mass is 10.0. The summed E-state index contributed by atoms with van der Waals surface area (Å²) in [5, 5.41) is 11.8. The Balaban J connectivity index is 1.48. The van der Waals surface area contributed by atoms with Crippen LogP contribution >= 0.6 is 0 Å². The number of anilines is 1. The van der Waals surface area contributed by atoms with Crippen LogP contribution in [0.25, 0.3) is 0 Å². The van der Waals surface area contributed by atoms with E-state index in [9.17, 15) is 14.9 Å². The molecule has 0 aliphatic carbocycles. The number of benzene rings is 2. The number of nitro groups is 1. The number of hydrogen-bond acceptors (Lipinski definition) is 8. The number of unbranched alkanes of at least 4 members (excludes halogenated alkanes) is 10. The third-order valence-corrected chi connectivity index (χ3v) is 8.13. The minimum absolute atomic E-state index is 0.144. The van der Waals surface area contributed by atoms with Crippen LogP contribution in [0.1, 0.15) is 133 Å². The molecule has 1 aliphatic heterocycles. The van der Waals surface area contributed by atoms with E-state index in [2.05, 4.69) is 13.8 Å². The quantitative estimate of drug-likeness (QED) is 0.0392. The molecule has 0 spiro atoms. The highest BCUT2D eigenvalue weighted by Gasteiger charge is 2.27. The Morgan fingerprint density at radius 3 is 2.14 bits per heavy atom. The number of carbonyl (C=O) groups is 1. The van der Waals surface area contributed by atoms with Gasteiger partial charge >= 0.3 is 5.97 Å². The molecule has 0 bridgehead atoms. The first kappa shape index (κ1) is 35.3. The van der Waals surface area contributed by atoms with Crippen LogP contribution in [0.15, 0.2) is 36.4 Å². The lowest BCUT2D eigenvalue weighted by molar-refractivity contribution is -0.385. The molecule has 1 aliphatic rings. The summed E-state index contributed by atoms with van der Waals surface area (Å²) in [6, 6.07) is 9.25. The van der Waals surface area contributed by atoms with E-state index in [4.69, 9.17) is 24.7 Å². The molecule has 0 radical (unpaired) electrons. The molecular formula is C35H52N2O7. The van der Waals surface area contributed by atoms with Gasteiger partial charge in [-0.1, -0.05) is 96.6 Å². The summed E-state index contributed by atoms with van der Waals surface area (Å²) >= 11 is 0. The van der Waals surface area contributed by atoms with Crippen molar-refractivity contribution in [2.75, 3.05) is 18.9 Å². The van der Waals surface area contributed by atoms with Crippen LogP contribution in [0.3, 0.4) is 0 Å². The van der Waals surface area contributed by atoms with E-state index in [0.29, 0.717) is 19.1 Å². The van der Waals surface area contributed by atoms with Gasteiger partial charge in [0.15, 0.2) is 6.29 Å². The molecule has 2 N–H and O–H groups in total. The molecule has 44 heavy (non-hydrogen) atoms. The summed E-state index contributed by atoms with van der Waals surface area (Å²) in [4.78, 5) is 24.2. The SMILES string of the molecule is CCCCCCCCCC[C@H]1CO[C@H](c2ccc(OC(=O)c3cc(N)c(O[C@H](C)CCCCCC)cc3[N+](=O)[O-])cc2)OC1. The van der Waals surface area contributed by atoms with Gasteiger partial charge in [-0.15, -0.1) is 0 Å². The topological polar surface area (TPSA) is 123 Å². The number of esters is 1. The number of rotatable bonds is 20. The summed E-state index contributed by atoms with van der Waals surface area (Å²) in [6.45, 7) is 7.60. The summed E-state index contributed by atoms with van der Waals surface area (Å²) in [5.74, 6) is -0.0333. The number of nitrogens with zero attached hydrogens (tertiary/aromatic N) is 1. The monoisotopic (exact) mass is 612 g/mol. The van der Waals surface area contributed by atoms with Crippen LogP contribution in [0.5, 0.6) is 11.5 Å². The second kappa shape index (κ2) is 19.3. The van der Waals surface area contributed by atoms with E-state index < -0.39 is 22.9 Å². The van der Waals surface area contributed by atoms with Crippen molar-refractivity contribution in [2.24, 2.45) is 5.92 Å². The molecule has 0 amide bonds. The van der Waals surface area contributed by atoms with Gasteiger partial charge in [-0.2, -0.15) is 0 Å². The number of nitrogen functional groups attached to an aromatic ring is 1. The molecule has 9 heteroatoms. The van der Waals surface area contributed by atoms with Crippen molar-refractivity contribution in [2.45, 2.75) is 123 Å². The van der Waals surface area contributed by atoms with E-state index in [-0.39, 0.29) is 28.9 Å². The van der Waals surface area contributed by atoms with Crippen LogP contribution in [0.4, 0.5) is 11.4 Å². The van der Waals surface area contributed by atoms with Gasteiger partial charge in [-0.25, -0.2) is 4.79 Å². The van der Waals surface area contributed by atoms with Gasteiger partial charge in [-0.05, 0) is 44.4 Å². The average Bonchev–Trinajstić information content (AvgIpc) is 3.02. The van der Waals surface area contributed by atoms with Crippen molar-refractivity contribution in [3.8, 4) is 11.5 Å².